The Morgan fingerprint density at radius 1 is 1.18 bits per heavy atom. The monoisotopic (exact) mass is 368 g/mol. The zero-order chi connectivity index (χ0) is 13.6. The fourth-order valence-electron chi connectivity index (χ4n) is 1.06. The first-order chi connectivity index (χ1) is 7.75. The molecule has 0 aliphatic carbocycles. The minimum atomic E-state index is -4.69. The Balaban J connectivity index is 0.000000770. The molecule has 0 radical (unpaired) electrons. The van der Waals surface area contributed by atoms with Crippen molar-refractivity contribution in [2.75, 3.05) is 0 Å². The van der Waals surface area contributed by atoms with Gasteiger partial charge in [-0.1, -0.05) is 0 Å². The van der Waals surface area contributed by atoms with Gasteiger partial charge >= 0.3 is 92.0 Å². The summed E-state index contributed by atoms with van der Waals surface area (Å²) >= 11 is -4.60. The second-order valence-electron chi connectivity index (χ2n) is 2.71. The summed E-state index contributed by atoms with van der Waals surface area (Å²) in [6, 6.07) is 3.11. The van der Waals surface area contributed by atoms with E-state index in [2.05, 4.69) is 0 Å². The number of rotatable bonds is 1. The van der Waals surface area contributed by atoms with Crippen LogP contribution in [0.1, 0.15) is 11.1 Å². The first kappa shape index (κ1) is 16.0. The van der Waals surface area contributed by atoms with Crippen LogP contribution in [0.15, 0.2) is 18.2 Å². The molecule has 0 bridgehead atoms. The molecule has 0 amide bonds. The third kappa shape index (κ3) is 4.78. The molecular formula is C9H6F5IO2. The maximum absolute atomic E-state index is 12.5. The predicted molar refractivity (Wildman–Crippen MR) is 56.1 cm³/mol. The van der Waals surface area contributed by atoms with Crippen molar-refractivity contribution in [2.45, 2.75) is 13.1 Å². The van der Waals surface area contributed by atoms with Crippen LogP contribution in [-0.4, -0.2) is 6.15 Å². The van der Waals surface area contributed by atoms with E-state index in [1.165, 1.54) is 13.0 Å². The summed E-state index contributed by atoms with van der Waals surface area (Å²) in [5, 5.41) is 0. The van der Waals surface area contributed by atoms with Gasteiger partial charge in [-0.25, -0.2) is 0 Å². The van der Waals surface area contributed by atoms with E-state index in [0.717, 1.165) is 6.07 Å². The standard InChI is InChI=1S/C8H6F5I.CO2/c1-5-3-2-4-6(8(9,10)11)7(5)14(12)13;2-1-3/h2-4H,1H3;. The number of aryl methyl sites for hydroxylation is 1. The zero-order valence-corrected chi connectivity index (χ0v) is 10.5. The molecule has 0 N–H and O–H groups in total. The Hall–Kier alpha value is -1.02. The van der Waals surface area contributed by atoms with E-state index in [1.54, 1.807) is 0 Å². The van der Waals surface area contributed by atoms with Gasteiger partial charge in [-0.05, 0) is 0 Å². The van der Waals surface area contributed by atoms with Gasteiger partial charge in [0.1, 0.15) is 0 Å². The SMILES string of the molecule is Cc1cccc(C(F)(F)F)c1I(F)F.O=C=O. The van der Waals surface area contributed by atoms with E-state index in [0.29, 0.717) is 6.07 Å². The molecule has 0 aromatic heterocycles. The fourth-order valence-corrected chi connectivity index (χ4v) is 2.80. The smallest absolute Gasteiger partial charge is 0.186 e. The van der Waals surface area contributed by atoms with Gasteiger partial charge in [-0.2, -0.15) is 9.59 Å². The van der Waals surface area contributed by atoms with E-state index in [4.69, 9.17) is 9.59 Å². The van der Waals surface area contributed by atoms with Gasteiger partial charge < -0.3 is 0 Å². The van der Waals surface area contributed by atoms with Crippen LogP contribution in [-0.2, 0) is 15.8 Å². The minimum absolute atomic E-state index is 0.0232. The van der Waals surface area contributed by atoms with Gasteiger partial charge in [-0.3, -0.25) is 0 Å². The molecule has 0 aliphatic rings. The van der Waals surface area contributed by atoms with Crippen LogP contribution in [0, 0.1) is 10.5 Å². The van der Waals surface area contributed by atoms with Gasteiger partial charge in [0.2, 0.25) is 0 Å². The normalized spacial score (nSPS) is 11.1. The number of halogens is 6. The number of benzene rings is 1. The van der Waals surface area contributed by atoms with Crippen molar-refractivity contribution >= 4 is 27.1 Å². The van der Waals surface area contributed by atoms with E-state index < -0.39 is 36.3 Å². The van der Waals surface area contributed by atoms with Crippen LogP contribution in [0.4, 0.5) is 18.9 Å². The van der Waals surface area contributed by atoms with Crippen molar-refractivity contribution in [1.29, 1.82) is 0 Å². The van der Waals surface area contributed by atoms with Crippen molar-refractivity contribution in [3.63, 3.8) is 0 Å². The van der Waals surface area contributed by atoms with Crippen molar-refractivity contribution in [3.8, 4) is 0 Å². The number of hydrogen-bond acceptors (Lipinski definition) is 2. The quantitative estimate of drug-likeness (QED) is 0.557. The van der Waals surface area contributed by atoms with Crippen molar-refractivity contribution in [1.82, 2.24) is 0 Å². The summed E-state index contributed by atoms with van der Waals surface area (Å²) in [5.41, 5.74) is -1.16. The zero-order valence-electron chi connectivity index (χ0n) is 8.32. The Kier molecular flexibility index (Phi) is 6.25. The van der Waals surface area contributed by atoms with Crippen molar-refractivity contribution in [3.05, 3.63) is 32.9 Å². The molecular weight excluding hydrogens is 362 g/mol. The van der Waals surface area contributed by atoms with Crippen molar-refractivity contribution < 1.29 is 28.5 Å². The molecule has 1 aromatic rings. The summed E-state index contributed by atoms with van der Waals surface area (Å²) in [6.07, 6.45) is -4.44. The van der Waals surface area contributed by atoms with Gasteiger partial charge in [0.25, 0.3) is 0 Å². The average Bonchev–Trinajstić information content (AvgIpc) is 2.16. The molecule has 17 heavy (non-hydrogen) atoms. The Labute approximate surface area is 102 Å². The van der Waals surface area contributed by atoms with Crippen LogP contribution < -0.4 is 0 Å². The average molecular weight is 368 g/mol. The largest absolute Gasteiger partial charge is 0.373 e. The van der Waals surface area contributed by atoms with E-state index in [9.17, 15) is 18.9 Å². The Morgan fingerprint density at radius 3 is 1.94 bits per heavy atom. The molecule has 0 aliphatic heterocycles. The van der Waals surface area contributed by atoms with E-state index in [-0.39, 0.29) is 11.7 Å². The van der Waals surface area contributed by atoms with Crippen LogP contribution >= 0.6 is 21.0 Å². The molecule has 1 aromatic carbocycles. The third-order valence-electron chi connectivity index (χ3n) is 1.64. The summed E-state index contributed by atoms with van der Waals surface area (Å²) in [4.78, 5) is 16.2. The summed E-state index contributed by atoms with van der Waals surface area (Å²) in [7, 11) is 0. The predicted octanol–water partition coefficient (Wildman–Crippen LogP) is 3.88. The second kappa shape index (κ2) is 6.65. The van der Waals surface area contributed by atoms with Gasteiger partial charge in [0.05, 0.1) is 0 Å². The van der Waals surface area contributed by atoms with Gasteiger partial charge in [0, 0.05) is 0 Å². The van der Waals surface area contributed by atoms with Crippen LogP contribution in [0.3, 0.4) is 0 Å². The number of alkyl halides is 3. The number of hydrogen-bond donors (Lipinski definition) is 0. The minimum Gasteiger partial charge on any atom is -0.186 e. The van der Waals surface area contributed by atoms with Gasteiger partial charge in [-0.15, -0.1) is 0 Å². The molecule has 0 unspecified atom stereocenters. The fraction of sp³-hybridized carbons (Fsp3) is 0.222. The summed E-state index contributed by atoms with van der Waals surface area (Å²) in [6.45, 7) is 1.27. The summed E-state index contributed by atoms with van der Waals surface area (Å²) in [5.74, 6) is 0. The van der Waals surface area contributed by atoms with Crippen LogP contribution in [0.2, 0.25) is 0 Å². The molecule has 96 valence electrons. The Bertz CT molecular complexity index is 410. The molecule has 0 fully saturated rings. The molecule has 0 saturated carbocycles. The molecule has 0 saturated heterocycles. The summed E-state index contributed by atoms with van der Waals surface area (Å²) < 4.78 is 61.0. The second-order valence-corrected chi connectivity index (χ2v) is 4.92. The third-order valence-corrected chi connectivity index (χ3v) is 3.89. The van der Waals surface area contributed by atoms with Gasteiger partial charge in [0.15, 0.2) is 0 Å². The molecule has 2 nitrogen and oxygen atoms in total. The van der Waals surface area contributed by atoms with Crippen LogP contribution in [0.25, 0.3) is 0 Å². The first-order valence-electron chi connectivity index (χ1n) is 3.94. The van der Waals surface area contributed by atoms with E-state index >= 15 is 0 Å². The maximum Gasteiger partial charge on any atom is 0.373 e. The Morgan fingerprint density at radius 2 is 1.65 bits per heavy atom. The topological polar surface area (TPSA) is 34.1 Å². The van der Waals surface area contributed by atoms with Crippen molar-refractivity contribution in [2.24, 2.45) is 0 Å². The van der Waals surface area contributed by atoms with E-state index in [1.807, 2.05) is 0 Å². The molecule has 0 spiro atoms. The van der Waals surface area contributed by atoms with Crippen LogP contribution in [0.5, 0.6) is 0 Å². The maximum atomic E-state index is 12.5. The first-order valence-corrected chi connectivity index (χ1v) is 6.65. The molecule has 8 heteroatoms. The number of carbonyl (C=O) groups excluding carboxylic acids is 2. The molecule has 0 heterocycles. The molecule has 0 atom stereocenters. The molecule has 1 rings (SSSR count).